The van der Waals surface area contributed by atoms with Crippen molar-refractivity contribution in [2.24, 2.45) is 0 Å². The molecular weight excluding hydrogens is 252 g/mol. The Balaban J connectivity index is 2.53. The van der Waals surface area contributed by atoms with Crippen LogP contribution in [0.25, 0.3) is 0 Å². The van der Waals surface area contributed by atoms with Crippen molar-refractivity contribution in [2.75, 3.05) is 18.5 Å². The van der Waals surface area contributed by atoms with Crippen LogP contribution in [0.4, 0.5) is 5.69 Å². The van der Waals surface area contributed by atoms with Crippen molar-refractivity contribution in [1.29, 1.82) is 0 Å². The molecule has 0 saturated carbocycles. The van der Waals surface area contributed by atoms with Gasteiger partial charge in [-0.05, 0) is 63.8 Å². The van der Waals surface area contributed by atoms with Crippen LogP contribution in [0, 0.1) is 6.92 Å². The zero-order chi connectivity index (χ0) is 15.0. The molecule has 1 aromatic carbocycles. The lowest BCUT2D eigenvalue weighted by molar-refractivity contribution is 0.0943. The van der Waals surface area contributed by atoms with Gasteiger partial charge in [0.25, 0.3) is 5.91 Å². The first-order valence-electron chi connectivity index (χ1n) is 7.31. The standard InChI is InChI=1S/C16H26N2O2/c1-12(2)18-16(20)14-7-8-15(13(3)11-14)17-9-5-4-6-10-19/h7-8,11-12,17,19H,4-6,9-10H2,1-3H3,(H,18,20). The number of carbonyl (C=O) groups is 1. The number of amides is 1. The number of hydrogen-bond acceptors (Lipinski definition) is 3. The molecule has 0 unspecified atom stereocenters. The molecule has 20 heavy (non-hydrogen) atoms. The molecule has 0 fully saturated rings. The zero-order valence-corrected chi connectivity index (χ0v) is 12.7. The van der Waals surface area contributed by atoms with E-state index in [0.29, 0.717) is 5.56 Å². The smallest absolute Gasteiger partial charge is 0.251 e. The predicted octanol–water partition coefficient (Wildman–Crippen LogP) is 2.71. The van der Waals surface area contributed by atoms with Gasteiger partial charge in [-0.15, -0.1) is 0 Å². The number of aliphatic hydroxyl groups is 1. The Hall–Kier alpha value is -1.55. The second kappa shape index (κ2) is 8.59. The molecule has 1 rings (SSSR count). The molecule has 4 heteroatoms. The van der Waals surface area contributed by atoms with E-state index >= 15 is 0 Å². The van der Waals surface area contributed by atoms with Gasteiger partial charge in [0.2, 0.25) is 0 Å². The molecule has 0 saturated heterocycles. The molecule has 1 aromatic rings. The highest BCUT2D eigenvalue weighted by atomic mass is 16.2. The Labute approximate surface area is 121 Å². The molecule has 0 aliphatic heterocycles. The lowest BCUT2D eigenvalue weighted by Gasteiger charge is -2.12. The molecule has 0 aliphatic carbocycles. The fourth-order valence-corrected chi connectivity index (χ4v) is 1.99. The van der Waals surface area contributed by atoms with Crippen LogP contribution in [0.3, 0.4) is 0 Å². The molecule has 3 N–H and O–H groups in total. The van der Waals surface area contributed by atoms with Crippen LogP contribution in [-0.4, -0.2) is 30.2 Å². The van der Waals surface area contributed by atoms with Gasteiger partial charge in [-0.3, -0.25) is 4.79 Å². The summed E-state index contributed by atoms with van der Waals surface area (Å²) in [6, 6.07) is 5.86. The number of benzene rings is 1. The fraction of sp³-hybridized carbons (Fsp3) is 0.562. The van der Waals surface area contributed by atoms with Gasteiger partial charge in [-0.2, -0.15) is 0 Å². The third-order valence-corrected chi connectivity index (χ3v) is 3.06. The molecule has 4 nitrogen and oxygen atoms in total. The Kier molecular flexibility index (Phi) is 7.09. The maximum Gasteiger partial charge on any atom is 0.251 e. The summed E-state index contributed by atoms with van der Waals surface area (Å²) < 4.78 is 0. The lowest BCUT2D eigenvalue weighted by Crippen LogP contribution is -2.30. The van der Waals surface area contributed by atoms with Crippen LogP contribution in [0.15, 0.2) is 18.2 Å². The second-order valence-electron chi connectivity index (χ2n) is 5.37. The van der Waals surface area contributed by atoms with E-state index in [-0.39, 0.29) is 18.6 Å². The van der Waals surface area contributed by atoms with Gasteiger partial charge >= 0.3 is 0 Å². The van der Waals surface area contributed by atoms with E-state index in [0.717, 1.165) is 37.1 Å². The minimum Gasteiger partial charge on any atom is -0.396 e. The zero-order valence-electron chi connectivity index (χ0n) is 12.7. The van der Waals surface area contributed by atoms with Gasteiger partial charge in [-0.25, -0.2) is 0 Å². The maximum atomic E-state index is 11.9. The molecule has 0 bridgehead atoms. The monoisotopic (exact) mass is 278 g/mol. The molecule has 0 atom stereocenters. The molecule has 0 aromatic heterocycles. The number of anilines is 1. The van der Waals surface area contributed by atoms with Crippen molar-refractivity contribution in [3.8, 4) is 0 Å². The molecule has 0 heterocycles. The summed E-state index contributed by atoms with van der Waals surface area (Å²) in [5.74, 6) is -0.0300. The fourth-order valence-electron chi connectivity index (χ4n) is 1.99. The minimum absolute atomic E-state index is 0.0300. The highest BCUT2D eigenvalue weighted by Gasteiger charge is 2.08. The summed E-state index contributed by atoms with van der Waals surface area (Å²) in [5, 5.41) is 15.0. The maximum absolute atomic E-state index is 11.9. The SMILES string of the molecule is Cc1cc(C(=O)NC(C)C)ccc1NCCCCCO. The van der Waals surface area contributed by atoms with Crippen LogP contribution >= 0.6 is 0 Å². The van der Waals surface area contributed by atoms with Gasteiger partial charge < -0.3 is 15.7 Å². The third kappa shape index (κ3) is 5.61. The topological polar surface area (TPSA) is 61.4 Å². The Morgan fingerprint density at radius 3 is 2.60 bits per heavy atom. The van der Waals surface area contributed by atoms with E-state index in [1.807, 2.05) is 39.0 Å². The van der Waals surface area contributed by atoms with E-state index < -0.39 is 0 Å². The van der Waals surface area contributed by atoms with E-state index in [9.17, 15) is 4.79 Å². The van der Waals surface area contributed by atoms with Crippen molar-refractivity contribution < 1.29 is 9.90 Å². The molecule has 0 spiro atoms. The Morgan fingerprint density at radius 1 is 1.25 bits per heavy atom. The number of nitrogens with one attached hydrogen (secondary N) is 2. The number of aryl methyl sites for hydroxylation is 1. The summed E-state index contributed by atoms with van der Waals surface area (Å²) >= 11 is 0. The largest absolute Gasteiger partial charge is 0.396 e. The first-order chi connectivity index (χ1) is 9.54. The summed E-state index contributed by atoms with van der Waals surface area (Å²) in [4.78, 5) is 11.9. The first-order valence-corrected chi connectivity index (χ1v) is 7.31. The van der Waals surface area contributed by atoms with E-state index in [1.54, 1.807) is 0 Å². The van der Waals surface area contributed by atoms with Gasteiger partial charge in [-0.1, -0.05) is 0 Å². The molecule has 112 valence electrons. The van der Waals surface area contributed by atoms with Gasteiger partial charge in [0.05, 0.1) is 0 Å². The van der Waals surface area contributed by atoms with Crippen molar-refractivity contribution in [2.45, 2.75) is 46.1 Å². The van der Waals surface area contributed by atoms with Crippen molar-refractivity contribution in [1.82, 2.24) is 5.32 Å². The highest BCUT2D eigenvalue weighted by molar-refractivity contribution is 5.95. The number of rotatable bonds is 8. The average Bonchev–Trinajstić information content (AvgIpc) is 2.39. The van der Waals surface area contributed by atoms with Gasteiger partial charge in [0, 0.05) is 30.4 Å². The first kappa shape index (κ1) is 16.5. The summed E-state index contributed by atoms with van der Waals surface area (Å²) in [5.41, 5.74) is 2.83. The highest BCUT2D eigenvalue weighted by Crippen LogP contribution is 2.17. The minimum atomic E-state index is -0.0300. The number of hydrogen-bond donors (Lipinski definition) is 3. The molecule has 0 radical (unpaired) electrons. The summed E-state index contributed by atoms with van der Waals surface area (Å²) in [6.45, 7) is 7.05. The van der Waals surface area contributed by atoms with E-state index in [2.05, 4.69) is 10.6 Å². The van der Waals surface area contributed by atoms with E-state index in [4.69, 9.17) is 5.11 Å². The van der Waals surface area contributed by atoms with Gasteiger partial charge in [0.1, 0.15) is 0 Å². The number of carbonyl (C=O) groups excluding carboxylic acids is 1. The summed E-state index contributed by atoms with van der Waals surface area (Å²) in [7, 11) is 0. The van der Waals surface area contributed by atoms with Crippen LogP contribution in [-0.2, 0) is 0 Å². The molecule has 0 aliphatic rings. The summed E-state index contributed by atoms with van der Waals surface area (Å²) in [6.07, 6.45) is 2.92. The number of unbranched alkanes of at least 4 members (excludes halogenated alkanes) is 2. The lowest BCUT2D eigenvalue weighted by atomic mass is 10.1. The van der Waals surface area contributed by atoms with Crippen molar-refractivity contribution in [3.63, 3.8) is 0 Å². The average molecular weight is 278 g/mol. The van der Waals surface area contributed by atoms with Crippen LogP contribution < -0.4 is 10.6 Å². The quantitative estimate of drug-likeness (QED) is 0.641. The van der Waals surface area contributed by atoms with Crippen LogP contribution in [0.1, 0.15) is 49.0 Å². The Bertz CT molecular complexity index is 430. The Morgan fingerprint density at radius 2 is 2.00 bits per heavy atom. The second-order valence-corrected chi connectivity index (χ2v) is 5.37. The van der Waals surface area contributed by atoms with Crippen LogP contribution in [0.5, 0.6) is 0 Å². The molecular formula is C16H26N2O2. The third-order valence-electron chi connectivity index (χ3n) is 3.06. The van der Waals surface area contributed by atoms with E-state index in [1.165, 1.54) is 0 Å². The normalized spacial score (nSPS) is 10.7. The number of aliphatic hydroxyl groups excluding tert-OH is 1. The van der Waals surface area contributed by atoms with Gasteiger partial charge in [0.15, 0.2) is 0 Å². The predicted molar refractivity (Wildman–Crippen MR) is 83.2 cm³/mol. The van der Waals surface area contributed by atoms with Crippen molar-refractivity contribution >= 4 is 11.6 Å². The van der Waals surface area contributed by atoms with Crippen molar-refractivity contribution in [3.05, 3.63) is 29.3 Å². The van der Waals surface area contributed by atoms with Crippen LogP contribution in [0.2, 0.25) is 0 Å². The molecule has 1 amide bonds.